The maximum Gasteiger partial charge on any atom is 0.261 e. The van der Waals surface area contributed by atoms with E-state index in [2.05, 4.69) is 6.92 Å². The SMILES string of the molecule is CCCCN(C(=O)/C=C/c1ccccc1)C(CC)c1nc2ccccc2c(=O)n1C. The number of fused-ring (bicyclic) bond motifs is 1. The minimum absolute atomic E-state index is 0.0680. The van der Waals surface area contributed by atoms with E-state index in [9.17, 15) is 9.59 Å². The second kappa shape index (κ2) is 10.0. The van der Waals surface area contributed by atoms with Crippen molar-refractivity contribution in [3.8, 4) is 0 Å². The molecule has 3 aromatic rings. The summed E-state index contributed by atoms with van der Waals surface area (Å²) in [5.41, 5.74) is 1.55. The molecule has 5 nitrogen and oxygen atoms in total. The molecule has 156 valence electrons. The lowest BCUT2D eigenvalue weighted by Gasteiger charge is -2.31. The molecule has 0 fully saturated rings. The molecule has 1 amide bonds. The molecule has 0 spiro atoms. The predicted octanol–water partition coefficient (Wildman–Crippen LogP) is 4.73. The molecule has 0 radical (unpaired) electrons. The monoisotopic (exact) mass is 403 g/mol. The first-order valence-electron chi connectivity index (χ1n) is 10.6. The van der Waals surface area contributed by atoms with E-state index in [-0.39, 0.29) is 17.5 Å². The van der Waals surface area contributed by atoms with Crippen molar-refractivity contribution in [2.45, 2.75) is 39.2 Å². The van der Waals surface area contributed by atoms with Gasteiger partial charge in [0.25, 0.3) is 5.56 Å². The van der Waals surface area contributed by atoms with E-state index in [0.29, 0.717) is 29.7 Å². The number of para-hydroxylation sites is 1. The van der Waals surface area contributed by atoms with Gasteiger partial charge in [0.05, 0.1) is 16.9 Å². The van der Waals surface area contributed by atoms with Gasteiger partial charge in [0.15, 0.2) is 0 Å². The quantitative estimate of drug-likeness (QED) is 0.511. The van der Waals surface area contributed by atoms with E-state index in [4.69, 9.17) is 4.98 Å². The fourth-order valence-electron chi connectivity index (χ4n) is 3.65. The van der Waals surface area contributed by atoms with Crippen LogP contribution < -0.4 is 5.56 Å². The Morgan fingerprint density at radius 3 is 2.50 bits per heavy atom. The molecule has 0 saturated carbocycles. The third kappa shape index (κ3) is 4.67. The zero-order valence-corrected chi connectivity index (χ0v) is 17.9. The van der Waals surface area contributed by atoms with Gasteiger partial charge < -0.3 is 4.90 Å². The second-order valence-corrected chi connectivity index (χ2v) is 7.40. The van der Waals surface area contributed by atoms with Gasteiger partial charge >= 0.3 is 0 Å². The van der Waals surface area contributed by atoms with E-state index in [1.54, 1.807) is 23.8 Å². The molecule has 1 aromatic heterocycles. The number of aromatic nitrogens is 2. The van der Waals surface area contributed by atoms with Crippen molar-refractivity contribution in [3.63, 3.8) is 0 Å². The van der Waals surface area contributed by atoms with Crippen molar-refractivity contribution < 1.29 is 4.79 Å². The lowest BCUT2D eigenvalue weighted by molar-refractivity contribution is -0.128. The fourth-order valence-corrected chi connectivity index (χ4v) is 3.65. The largest absolute Gasteiger partial charge is 0.329 e. The first-order valence-corrected chi connectivity index (χ1v) is 10.6. The second-order valence-electron chi connectivity index (χ2n) is 7.40. The van der Waals surface area contributed by atoms with Crippen LogP contribution in [0.2, 0.25) is 0 Å². The molecule has 2 aromatic carbocycles. The number of carbonyl (C=O) groups excluding carboxylic acids is 1. The van der Waals surface area contributed by atoms with Gasteiger partial charge in [-0.05, 0) is 36.6 Å². The molecule has 1 atom stereocenters. The lowest BCUT2D eigenvalue weighted by Crippen LogP contribution is -2.38. The van der Waals surface area contributed by atoms with Gasteiger partial charge in [-0.1, -0.05) is 62.7 Å². The van der Waals surface area contributed by atoms with Crippen molar-refractivity contribution in [2.24, 2.45) is 7.05 Å². The maximum absolute atomic E-state index is 13.2. The predicted molar refractivity (Wildman–Crippen MR) is 122 cm³/mol. The van der Waals surface area contributed by atoms with Crippen LogP contribution in [-0.2, 0) is 11.8 Å². The number of unbranched alkanes of at least 4 members (excludes halogenated alkanes) is 1. The molecule has 0 aliphatic heterocycles. The Kier molecular flexibility index (Phi) is 7.17. The summed E-state index contributed by atoms with van der Waals surface area (Å²) in [6.07, 6.45) is 6.00. The van der Waals surface area contributed by atoms with E-state index >= 15 is 0 Å². The zero-order valence-electron chi connectivity index (χ0n) is 17.9. The first kappa shape index (κ1) is 21.5. The van der Waals surface area contributed by atoms with Gasteiger partial charge in [-0.15, -0.1) is 0 Å². The molecule has 0 saturated heterocycles. The van der Waals surface area contributed by atoms with Crippen LogP contribution in [0.15, 0.2) is 65.5 Å². The Bertz CT molecular complexity index is 1090. The zero-order chi connectivity index (χ0) is 21.5. The van der Waals surface area contributed by atoms with Crippen LogP contribution in [0.25, 0.3) is 17.0 Å². The van der Waals surface area contributed by atoms with E-state index in [1.165, 1.54) is 0 Å². The summed E-state index contributed by atoms with van der Waals surface area (Å²) in [6.45, 7) is 4.75. The summed E-state index contributed by atoms with van der Waals surface area (Å²) in [5.74, 6) is 0.556. The van der Waals surface area contributed by atoms with Gasteiger partial charge in [0, 0.05) is 19.7 Å². The van der Waals surface area contributed by atoms with Crippen molar-refractivity contribution in [2.75, 3.05) is 6.54 Å². The van der Waals surface area contributed by atoms with Crippen molar-refractivity contribution in [1.82, 2.24) is 14.5 Å². The van der Waals surface area contributed by atoms with Crippen LogP contribution >= 0.6 is 0 Å². The molecule has 1 heterocycles. The molecule has 3 rings (SSSR count). The highest BCUT2D eigenvalue weighted by Crippen LogP contribution is 2.24. The standard InChI is InChI=1S/C25H29N3O2/c1-4-6-18-28(23(29)17-16-19-12-8-7-9-13-19)22(5-2)24-26-21-15-11-10-14-20(21)25(30)27(24)3/h7-17,22H,4-6,18H2,1-3H3/b17-16+. The van der Waals surface area contributed by atoms with E-state index < -0.39 is 0 Å². The highest BCUT2D eigenvalue weighted by Gasteiger charge is 2.26. The number of hydrogen-bond donors (Lipinski definition) is 0. The van der Waals surface area contributed by atoms with Crippen LogP contribution in [0.3, 0.4) is 0 Å². The molecule has 0 aliphatic carbocycles. The van der Waals surface area contributed by atoms with Gasteiger partial charge in [-0.3, -0.25) is 14.2 Å². The molecule has 0 bridgehead atoms. The number of carbonyl (C=O) groups is 1. The number of amides is 1. The summed E-state index contributed by atoms with van der Waals surface area (Å²) in [5, 5.41) is 0.592. The average Bonchev–Trinajstić information content (AvgIpc) is 2.78. The van der Waals surface area contributed by atoms with Crippen LogP contribution in [0.5, 0.6) is 0 Å². The highest BCUT2D eigenvalue weighted by atomic mass is 16.2. The Hall–Kier alpha value is -3.21. The average molecular weight is 404 g/mol. The smallest absolute Gasteiger partial charge is 0.261 e. The normalized spacial score (nSPS) is 12.4. The number of nitrogens with zero attached hydrogens (tertiary/aromatic N) is 3. The first-order chi connectivity index (χ1) is 14.6. The minimum Gasteiger partial charge on any atom is -0.329 e. The van der Waals surface area contributed by atoms with Crippen LogP contribution in [0.4, 0.5) is 0 Å². The van der Waals surface area contributed by atoms with E-state index in [1.807, 2.05) is 66.4 Å². The van der Waals surface area contributed by atoms with Crippen LogP contribution in [0.1, 0.15) is 50.5 Å². The summed E-state index contributed by atoms with van der Waals surface area (Å²) < 4.78 is 1.59. The summed E-state index contributed by atoms with van der Waals surface area (Å²) in [6, 6.07) is 16.9. The van der Waals surface area contributed by atoms with Gasteiger partial charge in [0.1, 0.15) is 5.82 Å². The van der Waals surface area contributed by atoms with Crippen LogP contribution in [0, 0.1) is 0 Å². The third-order valence-corrected chi connectivity index (χ3v) is 5.33. The minimum atomic E-state index is -0.272. The van der Waals surface area contributed by atoms with E-state index in [0.717, 1.165) is 18.4 Å². The van der Waals surface area contributed by atoms with Gasteiger partial charge in [0.2, 0.25) is 5.91 Å². The van der Waals surface area contributed by atoms with Gasteiger partial charge in [-0.2, -0.15) is 0 Å². The van der Waals surface area contributed by atoms with Crippen molar-refractivity contribution >= 4 is 22.9 Å². The molecule has 5 heteroatoms. The number of hydrogen-bond acceptors (Lipinski definition) is 3. The Morgan fingerprint density at radius 2 is 1.80 bits per heavy atom. The molecular formula is C25H29N3O2. The molecule has 1 unspecified atom stereocenters. The summed E-state index contributed by atoms with van der Waals surface area (Å²) in [4.78, 5) is 32.7. The van der Waals surface area contributed by atoms with Crippen molar-refractivity contribution in [3.05, 3.63) is 82.4 Å². The Balaban J connectivity index is 2.00. The lowest BCUT2D eigenvalue weighted by atomic mass is 10.1. The molecule has 0 aliphatic rings. The Labute approximate surface area is 177 Å². The highest BCUT2D eigenvalue weighted by molar-refractivity contribution is 5.92. The molecule has 30 heavy (non-hydrogen) atoms. The maximum atomic E-state index is 13.2. The topological polar surface area (TPSA) is 55.2 Å². The fraction of sp³-hybridized carbons (Fsp3) is 0.320. The Morgan fingerprint density at radius 1 is 1.10 bits per heavy atom. The summed E-state index contributed by atoms with van der Waals surface area (Å²) in [7, 11) is 1.74. The number of benzene rings is 2. The summed E-state index contributed by atoms with van der Waals surface area (Å²) >= 11 is 0. The number of rotatable bonds is 8. The van der Waals surface area contributed by atoms with Crippen LogP contribution in [-0.4, -0.2) is 26.9 Å². The molecule has 0 N–H and O–H groups in total. The third-order valence-electron chi connectivity index (χ3n) is 5.33. The van der Waals surface area contributed by atoms with Crippen molar-refractivity contribution in [1.29, 1.82) is 0 Å². The molecular weight excluding hydrogens is 374 g/mol. The van der Waals surface area contributed by atoms with Gasteiger partial charge in [-0.25, -0.2) is 4.98 Å².